The number of hydrogen-bond acceptors (Lipinski definition) is 2. The lowest BCUT2D eigenvalue weighted by Crippen LogP contribution is -2.38. The molecule has 4 heteroatoms. The third-order valence-electron chi connectivity index (χ3n) is 3.83. The van der Waals surface area contributed by atoms with E-state index < -0.39 is 0 Å². The van der Waals surface area contributed by atoms with E-state index in [0.29, 0.717) is 6.10 Å². The highest BCUT2D eigenvalue weighted by molar-refractivity contribution is 5.80. The van der Waals surface area contributed by atoms with E-state index in [1.165, 1.54) is 12.5 Å². The van der Waals surface area contributed by atoms with E-state index in [1.54, 1.807) is 19.2 Å². The zero-order chi connectivity index (χ0) is 13.2. The molecule has 19 heavy (non-hydrogen) atoms. The molecule has 1 aliphatic heterocycles. The number of nitrogens with one attached hydrogen (secondary N) is 1. The summed E-state index contributed by atoms with van der Waals surface area (Å²) in [5.41, 5.74) is 2.13. The van der Waals surface area contributed by atoms with Gasteiger partial charge in [0, 0.05) is 36.8 Å². The first kappa shape index (κ1) is 12.6. The van der Waals surface area contributed by atoms with Crippen molar-refractivity contribution in [3.05, 3.63) is 35.8 Å². The van der Waals surface area contributed by atoms with Crippen LogP contribution in [0.4, 0.5) is 4.39 Å². The summed E-state index contributed by atoms with van der Waals surface area (Å²) in [5.74, 6) is -0.185. The molecule has 3 nitrogen and oxygen atoms in total. The monoisotopic (exact) mass is 262 g/mol. The fraction of sp³-hybridized carbons (Fsp3) is 0.467. The number of benzene rings is 1. The molecule has 0 bridgehead atoms. The van der Waals surface area contributed by atoms with Gasteiger partial charge in [-0.05, 0) is 43.7 Å². The molecule has 1 aliphatic rings. The molecular weight excluding hydrogens is 243 g/mol. The van der Waals surface area contributed by atoms with Crippen molar-refractivity contribution < 1.29 is 9.13 Å². The minimum atomic E-state index is -0.185. The lowest BCUT2D eigenvalue weighted by molar-refractivity contribution is 0.0282. The molecule has 1 fully saturated rings. The molecule has 2 aromatic rings. The van der Waals surface area contributed by atoms with Crippen LogP contribution in [-0.2, 0) is 11.3 Å². The van der Waals surface area contributed by atoms with Gasteiger partial charge in [-0.1, -0.05) is 0 Å². The van der Waals surface area contributed by atoms with Gasteiger partial charge >= 0.3 is 0 Å². The Kier molecular flexibility index (Phi) is 3.53. The van der Waals surface area contributed by atoms with Crippen molar-refractivity contribution in [2.24, 2.45) is 0 Å². The summed E-state index contributed by atoms with van der Waals surface area (Å²) in [5, 5.41) is 0.940. The van der Waals surface area contributed by atoms with Crippen molar-refractivity contribution in [2.45, 2.75) is 25.5 Å². The van der Waals surface area contributed by atoms with Gasteiger partial charge in [0.15, 0.2) is 0 Å². The zero-order valence-corrected chi connectivity index (χ0v) is 11.2. The van der Waals surface area contributed by atoms with Crippen molar-refractivity contribution in [1.82, 2.24) is 9.88 Å². The number of H-pyrrole nitrogens is 1. The van der Waals surface area contributed by atoms with Gasteiger partial charge in [-0.2, -0.15) is 0 Å². The van der Waals surface area contributed by atoms with E-state index in [9.17, 15) is 4.39 Å². The number of likely N-dealkylation sites (tertiary alicyclic amines) is 1. The van der Waals surface area contributed by atoms with Gasteiger partial charge in [0.25, 0.3) is 0 Å². The number of methoxy groups -OCH3 is 1. The second-order valence-electron chi connectivity index (χ2n) is 5.26. The number of hydrogen-bond donors (Lipinski definition) is 1. The van der Waals surface area contributed by atoms with E-state index in [4.69, 9.17) is 4.74 Å². The van der Waals surface area contributed by atoms with Gasteiger partial charge in [-0.25, -0.2) is 4.39 Å². The summed E-state index contributed by atoms with van der Waals surface area (Å²) < 4.78 is 18.6. The maximum Gasteiger partial charge on any atom is 0.123 e. The fourth-order valence-electron chi connectivity index (χ4n) is 2.84. The predicted octanol–water partition coefficient (Wildman–Crippen LogP) is 2.92. The molecule has 1 atom stereocenters. The van der Waals surface area contributed by atoms with E-state index in [2.05, 4.69) is 9.88 Å². The molecule has 0 radical (unpaired) electrons. The minimum absolute atomic E-state index is 0.185. The van der Waals surface area contributed by atoms with Crippen molar-refractivity contribution in [3.63, 3.8) is 0 Å². The molecular formula is C15H19FN2O. The third-order valence-corrected chi connectivity index (χ3v) is 3.83. The summed E-state index contributed by atoms with van der Waals surface area (Å²) in [6.45, 7) is 2.94. The van der Waals surface area contributed by atoms with Crippen LogP contribution >= 0.6 is 0 Å². The number of fused-ring (bicyclic) bond motifs is 1. The van der Waals surface area contributed by atoms with Gasteiger partial charge in [-0.15, -0.1) is 0 Å². The van der Waals surface area contributed by atoms with E-state index in [1.807, 2.05) is 6.07 Å². The largest absolute Gasteiger partial charge is 0.380 e. The first-order valence-corrected chi connectivity index (χ1v) is 6.77. The quantitative estimate of drug-likeness (QED) is 0.921. The number of aromatic nitrogens is 1. The lowest BCUT2D eigenvalue weighted by atomic mass is 10.1. The van der Waals surface area contributed by atoms with Crippen LogP contribution in [0.3, 0.4) is 0 Å². The Morgan fingerprint density at radius 3 is 3.16 bits per heavy atom. The molecule has 0 amide bonds. The van der Waals surface area contributed by atoms with Crippen molar-refractivity contribution in [1.29, 1.82) is 0 Å². The molecule has 1 unspecified atom stereocenters. The Morgan fingerprint density at radius 1 is 1.42 bits per heavy atom. The number of ether oxygens (including phenoxy) is 1. The lowest BCUT2D eigenvalue weighted by Gasteiger charge is -2.31. The fourth-order valence-corrected chi connectivity index (χ4v) is 2.84. The summed E-state index contributed by atoms with van der Waals surface area (Å²) in [6, 6.07) is 6.89. The first-order chi connectivity index (χ1) is 9.24. The number of nitrogens with zero attached hydrogens (tertiary/aromatic N) is 1. The Balaban J connectivity index is 1.74. The minimum Gasteiger partial charge on any atom is -0.380 e. The molecule has 1 aromatic heterocycles. The SMILES string of the molecule is COC1CCCN(Cc2cc3cc(F)ccc3[nH]2)C1. The molecule has 1 N–H and O–H groups in total. The van der Waals surface area contributed by atoms with Crippen LogP contribution < -0.4 is 0 Å². The molecule has 0 aliphatic carbocycles. The highest BCUT2D eigenvalue weighted by atomic mass is 19.1. The van der Waals surface area contributed by atoms with Crippen LogP contribution in [-0.4, -0.2) is 36.2 Å². The summed E-state index contributed by atoms with van der Waals surface area (Å²) >= 11 is 0. The number of aromatic amines is 1. The highest BCUT2D eigenvalue weighted by Gasteiger charge is 2.19. The average Bonchev–Trinajstić information content (AvgIpc) is 2.80. The van der Waals surface area contributed by atoms with Crippen LogP contribution in [0, 0.1) is 5.82 Å². The van der Waals surface area contributed by atoms with Crippen molar-refractivity contribution >= 4 is 10.9 Å². The van der Waals surface area contributed by atoms with E-state index in [-0.39, 0.29) is 5.82 Å². The molecule has 102 valence electrons. The normalized spacial score (nSPS) is 21.1. The Bertz CT molecular complexity index is 566. The van der Waals surface area contributed by atoms with Gasteiger partial charge in [0.2, 0.25) is 0 Å². The summed E-state index contributed by atoms with van der Waals surface area (Å²) in [4.78, 5) is 5.74. The topological polar surface area (TPSA) is 28.3 Å². The van der Waals surface area contributed by atoms with Gasteiger partial charge in [0.1, 0.15) is 5.82 Å². The van der Waals surface area contributed by atoms with Gasteiger partial charge in [0.05, 0.1) is 6.10 Å². The zero-order valence-electron chi connectivity index (χ0n) is 11.2. The first-order valence-electron chi connectivity index (χ1n) is 6.77. The van der Waals surface area contributed by atoms with Crippen molar-refractivity contribution in [2.75, 3.05) is 20.2 Å². The second-order valence-corrected chi connectivity index (χ2v) is 5.26. The van der Waals surface area contributed by atoms with E-state index >= 15 is 0 Å². The van der Waals surface area contributed by atoms with Crippen LogP contribution in [0.1, 0.15) is 18.5 Å². The molecule has 3 rings (SSSR count). The number of rotatable bonds is 3. The van der Waals surface area contributed by atoms with Crippen molar-refractivity contribution in [3.8, 4) is 0 Å². The van der Waals surface area contributed by atoms with Gasteiger partial charge < -0.3 is 9.72 Å². The molecule has 0 spiro atoms. The summed E-state index contributed by atoms with van der Waals surface area (Å²) in [7, 11) is 1.78. The summed E-state index contributed by atoms with van der Waals surface area (Å²) in [6.07, 6.45) is 2.66. The maximum atomic E-state index is 13.2. The van der Waals surface area contributed by atoms with Crippen LogP contribution in [0.15, 0.2) is 24.3 Å². The Hall–Kier alpha value is -1.39. The third kappa shape index (κ3) is 2.80. The van der Waals surface area contributed by atoms with E-state index in [0.717, 1.165) is 42.7 Å². The highest BCUT2D eigenvalue weighted by Crippen LogP contribution is 2.20. The van der Waals surface area contributed by atoms with Crippen LogP contribution in [0.5, 0.6) is 0 Å². The van der Waals surface area contributed by atoms with Crippen LogP contribution in [0.2, 0.25) is 0 Å². The molecule has 2 heterocycles. The van der Waals surface area contributed by atoms with Crippen LogP contribution in [0.25, 0.3) is 10.9 Å². The predicted molar refractivity (Wildman–Crippen MR) is 73.6 cm³/mol. The Morgan fingerprint density at radius 2 is 2.32 bits per heavy atom. The number of halogens is 1. The Labute approximate surface area is 112 Å². The smallest absolute Gasteiger partial charge is 0.123 e. The number of piperidine rings is 1. The second kappa shape index (κ2) is 5.31. The standard InChI is InChI=1S/C15H19FN2O/c1-19-14-3-2-6-18(10-14)9-13-8-11-7-12(16)4-5-15(11)17-13/h4-5,7-8,14,17H,2-3,6,9-10H2,1H3. The van der Waals surface area contributed by atoms with Gasteiger partial charge in [-0.3, -0.25) is 4.90 Å². The molecule has 0 saturated carbocycles. The molecule has 1 saturated heterocycles. The maximum absolute atomic E-state index is 13.2. The average molecular weight is 262 g/mol. The molecule has 1 aromatic carbocycles.